The summed E-state index contributed by atoms with van der Waals surface area (Å²) in [5, 5.41) is 0. The summed E-state index contributed by atoms with van der Waals surface area (Å²) >= 11 is 0. The molecule has 0 aromatic rings. The van der Waals surface area contributed by atoms with Crippen LogP contribution in [0.4, 0.5) is 0 Å². The Balaban J connectivity index is 2.51. The molecule has 0 atom stereocenters. The summed E-state index contributed by atoms with van der Waals surface area (Å²) in [7, 11) is 2.22. The fourth-order valence-electron chi connectivity index (χ4n) is 1.83. The van der Waals surface area contributed by atoms with Crippen LogP contribution in [-0.4, -0.2) is 42.0 Å². The lowest BCUT2D eigenvalue weighted by molar-refractivity contribution is 0.146. The molecule has 0 aromatic carbocycles. The van der Waals surface area contributed by atoms with Gasteiger partial charge in [-0.3, -0.25) is 4.99 Å². The third-order valence-corrected chi connectivity index (χ3v) is 5.04. The van der Waals surface area contributed by atoms with Crippen LogP contribution in [0.3, 0.4) is 0 Å². The van der Waals surface area contributed by atoms with Crippen molar-refractivity contribution in [3.05, 3.63) is 0 Å². The second-order valence-electron chi connectivity index (χ2n) is 3.79. The molecular formula is C10H21NO3Si. The van der Waals surface area contributed by atoms with Crippen LogP contribution in [0.25, 0.3) is 0 Å². The normalized spacial score (nSPS) is 19.9. The summed E-state index contributed by atoms with van der Waals surface area (Å²) in [5.41, 5.74) is 0. The largest absolute Gasteiger partial charge is 0.547 e. The van der Waals surface area contributed by atoms with Crippen LogP contribution in [0.5, 0.6) is 0 Å². The Labute approximate surface area is 93.0 Å². The van der Waals surface area contributed by atoms with Crippen LogP contribution in [0.15, 0.2) is 4.99 Å². The Bertz CT molecular complexity index is 193. The Morgan fingerprint density at radius 1 is 1.00 bits per heavy atom. The molecule has 88 valence electrons. The van der Waals surface area contributed by atoms with E-state index in [0.717, 1.165) is 0 Å². The van der Waals surface area contributed by atoms with Gasteiger partial charge in [0.25, 0.3) is 0 Å². The number of hydrogen-bond acceptors (Lipinski definition) is 4. The average Bonchev–Trinajstić information content (AvgIpc) is 2.33. The number of nitrogens with zero attached hydrogens (tertiary/aromatic N) is 1. The van der Waals surface area contributed by atoms with E-state index in [2.05, 4.69) is 4.99 Å². The minimum atomic E-state index is -2.59. The molecule has 0 spiro atoms. The molecule has 1 saturated carbocycles. The van der Waals surface area contributed by atoms with Crippen LogP contribution in [0.2, 0.25) is 0 Å². The van der Waals surface area contributed by atoms with E-state index in [1.54, 1.807) is 27.2 Å². The highest BCUT2D eigenvalue weighted by Crippen LogP contribution is 2.20. The third-order valence-electron chi connectivity index (χ3n) is 2.87. The van der Waals surface area contributed by atoms with Crippen molar-refractivity contribution in [3.8, 4) is 0 Å². The van der Waals surface area contributed by atoms with Crippen LogP contribution >= 0.6 is 0 Å². The molecule has 0 aliphatic heterocycles. The van der Waals surface area contributed by atoms with Gasteiger partial charge in [-0.05, 0) is 12.8 Å². The fraction of sp³-hybridized carbons (Fsp3) is 0.900. The highest BCUT2D eigenvalue weighted by atomic mass is 28.4. The van der Waals surface area contributed by atoms with E-state index in [4.69, 9.17) is 13.3 Å². The maximum atomic E-state index is 5.27. The van der Waals surface area contributed by atoms with E-state index in [1.807, 2.05) is 0 Å². The van der Waals surface area contributed by atoms with Crippen molar-refractivity contribution in [2.75, 3.05) is 21.3 Å². The van der Waals surface area contributed by atoms with Gasteiger partial charge in [0.15, 0.2) is 0 Å². The van der Waals surface area contributed by atoms with Crippen molar-refractivity contribution in [2.24, 2.45) is 4.99 Å². The van der Waals surface area contributed by atoms with Crippen molar-refractivity contribution >= 4 is 14.6 Å². The van der Waals surface area contributed by atoms with Gasteiger partial charge in [-0.2, -0.15) is 0 Å². The van der Waals surface area contributed by atoms with Gasteiger partial charge in [0.1, 0.15) is 0 Å². The van der Waals surface area contributed by atoms with Crippen molar-refractivity contribution in [1.82, 2.24) is 0 Å². The number of rotatable bonds is 5. The predicted molar refractivity (Wildman–Crippen MR) is 62.1 cm³/mol. The second-order valence-corrected chi connectivity index (χ2v) is 6.48. The van der Waals surface area contributed by atoms with Crippen LogP contribution in [0.1, 0.15) is 32.1 Å². The van der Waals surface area contributed by atoms with E-state index in [-0.39, 0.29) is 0 Å². The average molecular weight is 231 g/mol. The van der Waals surface area contributed by atoms with Crippen molar-refractivity contribution in [3.63, 3.8) is 0 Å². The molecule has 0 radical (unpaired) electrons. The second kappa shape index (κ2) is 6.37. The van der Waals surface area contributed by atoms with Gasteiger partial charge in [-0.15, -0.1) is 0 Å². The van der Waals surface area contributed by atoms with E-state index in [9.17, 15) is 0 Å². The van der Waals surface area contributed by atoms with Crippen molar-refractivity contribution < 1.29 is 13.3 Å². The zero-order valence-corrected chi connectivity index (χ0v) is 10.9. The minimum Gasteiger partial charge on any atom is -0.373 e. The Hall–Kier alpha value is -0.233. The summed E-state index contributed by atoms with van der Waals surface area (Å²) in [6.07, 6.45) is 6.26. The summed E-state index contributed by atoms with van der Waals surface area (Å²) in [6.45, 7) is 0. The molecule has 0 heterocycles. The van der Waals surface area contributed by atoms with E-state index in [0.29, 0.717) is 6.04 Å². The molecule has 15 heavy (non-hydrogen) atoms. The molecule has 0 saturated heterocycles. The molecule has 0 N–H and O–H groups in total. The fourth-order valence-corrected chi connectivity index (χ4v) is 3.04. The first-order chi connectivity index (χ1) is 7.26. The van der Waals surface area contributed by atoms with Crippen LogP contribution in [-0.2, 0) is 13.3 Å². The first kappa shape index (κ1) is 12.8. The van der Waals surface area contributed by atoms with Gasteiger partial charge >= 0.3 is 8.80 Å². The Morgan fingerprint density at radius 3 is 2.00 bits per heavy atom. The number of aliphatic imine (C=N–C) groups is 1. The lowest BCUT2D eigenvalue weighted by Crippen LogP contribution is -2.45. The molecule has 0 bridgehead atoms. The van der Waals surface area contributed by atoms with Gasteiger partial charge in [-0.25, -0.2) is 0 Å². The molecular weight excluding hydrogens is 210 g/mol. The molecule has 0 aromatic heterocycles. The SMILES string of the molecule is CO[Si](C=NC1CCCCC1)(OC)OC. The van der Waals surface area contributed by atoms with Gasteiger partial charge < -0.3 is 13.3 Å². The van der Waals surface area contributed by atoms with E-state index >= 15 is 0 Å². The summed E-state index contributed by atoms with van der Waals surface area (Å²) in [6, 6.07) is 0.436. The predicted octanol–water partition coefficient (Wildman–Crippen LogP) is 1.81. The molecule has 1 aliphatic carbocycles. The highest BCUT2D eigenvalue weighted by molar-refractivity contribution is 6.87. The summed E-state index contributed by atoms with van der Waals surface area (Å²) < 4.78 is 15.8. The first-order valence-corrected chi connectivity index (χ1v) is 7.26. The lowest BCUT2D eigenvalue weighted by atomic mass is 9.96. The molecule has 5 heteroatoms. The van der Waals surface area contributed by atoms with E-state index < -0.39 is 8.80 Å². The minimum absolute atomic E-state index is 0.436. The zero-order valence-electron chi connectivity index (χ0n) is 9.86. The summed E-state index contributed by atoms with van der Waals surface area (Å²) in [5.74, 6) is 1.77. The standard InChI is InChI=1S/C10H21NO3Si/c1-12-15(13-2,14-3)9-11-10-7-5-4-6-8-10/h9-10H,4-8H2,1-3H3. The topological polar surface area (TPSA) is 40.0 Å². The van der Waals surface area contributed by atoms with Gasteiger partial charge in [0.2, 0.25) is 0 Å². The Morgan fingerprint density at radius 2 is 1.53 bits per heavy atom. The van der Waals surface area contributed by atoms with Crippen molar-refractivity contribution in [1.29, 1.82) is 0 Å². The van der Waals surface area contributed by atoms with Crippen LogP contribution < -0.4 is 0 Å². The molecule has 1 aliphatic rings. The molecule has 0 amide bonds. The molecule has 1 fully saturated rings. The van der Waals surface area contributed by atoms with Gasteiger partial charge in [-0.1, -0.05) is 19.3 Å². The van der Waals surface area contributed by atoms with E-state index in [1.165, 1.54) is 32.1 Å². The maximum Gasteiger partial charge on any atom is 0.547 e. The third kappa shape index (κ3) is 3.68. The summed E-state index contributed by atoms with van der Waals surface area (Å²) in [4.78, 5) is 4.53. The first-order valence-electron chi connectivity index (χ1n) is 5.46. The lowest BCUT2D eigenvalue weighted by Gasteiger charge is -2.22. The number of hydrogen-bond donors (Lipinski definition) is 0. The smallest absolute Gasteiger partial charge is 0.373 e. The monoisotopic (exact) mass is 231 g/mol. The van der Waals surface area contributed by atoms with Crippen LogP contribution in [0, 0.1) is 0 Å². The molecule has 0 unspecified atom stereocenters. The zero-order chi connectivity index (χ0) is 11.1. The Kier molecular flexibility index (Phi) is 5.45. The van der Waals surface area contributed by atoms with Gasteiger partial charge in [0.05, 0.1) is 5.84 Å². The maximum absolute atomic E-state index is 5.27. The highest BCUT2D eigenvalue weighted by Gasteiger charge is 2.36. The van der Waals surface area contributed by atoms with Crippen molar-refractivity contribution in [2.45, 2.75) is 38.1 Å². The quantitative estimate of drug-likeness (QED) is 0.535. The van der Waals surface area contributed by atoms with Gasteiger partial charge in [0, 0.05) is 27.4 Å². The molecule has 1 rings (SSSR count). The molecule has 4 nitrogen and oxygen atoms in total.